The van der Waals surface area contributed by atoms with E-state index >= 15 is 0 Å². The number of nitrogens with zero attached hydrogens (tertiary/aromatic N) is 1. The third-order valence-electron chi connectivity index (χ3n) is 2.70. The van der Waals surface area contributed by atoms with Crippen LogP contribution in [0.4, 0.5) is 4.79 Å². The third-order valence-corrected chi connectivity index (χ3v) is 3.12. The van der Waals surface area contributed by atoms with Gasteiger partial charge in [-0.1, -0.05) is 0 Å². The Morgan fingerprint density at radius 3 is 2.50 bits per heavy atom. The lowest BCUT2D eigenvalue weighted by Crippen LogP contribution is -2.38. The number of amides is 1. The van der Waals surface area contributed by atoms with Crippen molar-refractivity contribution in [1.29, 1.82) is 0 Å². The van der Waals surface area contributed by atoms with E-state index < -0.39 is 6.09 Å². The molecule has 1 fully saturated rings. The average molecular weight is 219 g/mol. The predicted molar refractivity (Wildman–Crippen MR) is 56.8 cm³/mol. The van der Waals surface area contributed by atoms with Crippen molar-refractivity contribution in [2.75, 3.05) is 18.8 Å². The van der Waals surface area contributed by atoms with Gasteiger partial charge in [0.25, 0.3) is 0 Å². The second-order valence-electron chi connectivity index (χ2n) is 3.79. The Labute approximate surface area is 89.3 Å². The number of carbonyl (C=O) groups is 1. The highest BCUT2D eigenvalue weighted by Gasteiger charge is 2.23. The summed E-state index contributed by atoms with van der Waals surface area (Å²) in [4.78, 5) is 12.0. The van der Waals surface area contributed by atoms with Gasteiger partial charge in [-0.2, -0.15) is 12.6 Å². The normalized spacial score (nSPS) is 20.9. The molecular formula is C9H17NO3S. The summed E-state index contributed by atoms with van der Waals surface area (Å²) >= 11 is 4.01. The molecule has 1 aliphatic heterocycles. The van der Waals surface area contributed by atoms with Gasteiger partial charge >= 0.3 is 6.09 Å². The second-order valence-corrected chi connectivity index (χ2v) is 4.15. The first kappa shape index (κ1) is 11.7. The number of thiol groups is 1. The molecule has 0 aliphatic carbocycles. The van der Waals surface area contributed by atoms with Crippen LogP contribution in [-0.2, 0) is 0 Å². The molecule has 1 saturated heterocycles. The zero-order valence-corrected chi connectivity index (χ0v) is 8.99. The van der Waals surface area contributed by atoms with Gasteiger partial charge in [0.05, 0.1) is 6.10 Å². The molecule has 1 amide bonds. The minimum absolute atomic E-state index is 0.347. The number of piperidine rings is 1. The molecule has 1 aliphatic rings. The molecule has 0 aromatic carbocycles. The van der Waals surface area contributed by atoms with Crippen molar-refractivity contribution in [2.24, 2.45) is 5.92 Å². The number of rotatable bonds is 3. The quantitative estimate of drug-likeness (QED) is 0.622. The van der Waals surface area contributed by atoms with Crippen molar-refractivity contribution in [2.45, 2.75) is 25.4 Å². The van der Waals surface area contributed by atoms with Gasteiger partial charge in [-0.05, 0) is 25.2 Å². The lowest BCUT2D eigenvalue weighted by Gasteiger charge is -2.30. The van der Waals surface area contributed by atoms with Gasteiger partial charge in [0.15, 0.2) is 0 Å². The summed E-state index contributed by atoms with van der Waals surface area (Å²) in [6, 6.07) is 0. The molecule has 0 bridgehead atoms. The van der Waals surface area contributed by atoms with Crippen LogP contribution in [0.25, 0.3) is 0 Å². The first-order valence-corrected chi connectivity index (χ1v) is 5.53. The fourth-order valence-electron chi connectivity index (χ4n) is 1.82. The Morgan fingerprint density at radius 1 is 1.50 bits per heavy atom. The summed E-state index contributed by atoms with van der Waals surface area (Å²) in [5.74, 6) is 0.937. The van der Waals surface area contributed by atoms with Crippen LogP contribution in [0.15, 0.2) is 0 Å². The average Bonchev–Trinajstić information content (AvgIpc) is 2.18. The fourth-order valence-corrected chi connectivity index (χ4v) is 1.97. The van der Waals surface area contributed by atoms with E-state index in [1.165, 1.54) is 4.90 Å². The molecule has 0 spiro atoms. The fraction of sp³-hybridized carbons (Fsp3) is 0.889. The highest BCUT2D eigenvalue weighted by Crippen LogP contribution is 2.22. The van der Waals surface area contributed by atoms with Crippen molar-refractivity contribution in [3.8, 4) is 0 Å². The van der Waals surface area contributed by atoms with E-state index in [2.05, 4.69) is 12.6 Å². The molecule has 0 saturated carbocycles. The number of hydrogen-bond acceptors (Lipinski definition) is 3. The molecule has 0 radical (unpaired) electrons. The summed E-state index contributed by atoms with van der Waals surface area (Å²) in [6.45, 7) is 1.19. The number of aliphatic hydroxyl groups excluding tert-OH is 1. The van der Waals surface area contributed by atoms with Crippen LogP contribution in [0, 0.1) is 5.92 Å². The largest absolute Gasteiger partial charge is 0.465 e. The minimum atomic E-state index is -0.835. The van der Waals surface area contributed by atoms with Gasteiger partial charge in [0.1, 0.15) is 0 Å². The Kier molecular flexibility index (Phi) is 4.54. The molecule has 1 heterocycles. The van der Waals surface area contributed by atoms with Gasteiger partial charge < -0.3 is 15.1 Å². The van der Waals surface area contributed by atoms with Crippen LogP contribution in [-0.4, -0.2) is 46.2 Å². The first-order chi connectivity index (χ1) is 6.63. The van der Waals surface area contributed by atoms with Crippen LogP contribution in [0.1, 0.15) is 19.3 Å². The van der Waals surface area contributed by atoms with Gasteiger partial charge in [0, 0.05) is 18.8 Å². The molecule has 0 aromatic heterocycles. The van der Waals surface area contributed by atoms with Crippen LogP contribution in [0.2, 0.25) is 0 Å². The van der Waals surface area contributed by atoms with E-state index in [0.29, 0.717) is 24.8 Å². The van der Waals surface area contributed by atoms with E-state index in [1.54, 1.807) is 0 Å². The third kappa shape index (κ3) is 3.38. The number of aliphatic hydroxyl groups is 1. The Hall–Kier alpha value is -0.420. The summed E-state index contributed by atoms with van der Waals surface area (Å²) < 4.78 is 0. The van der Waals surface area contributed by atoms with Gasteiger partial charge in [-0.15, -0.1) is 0 Å². The summed E-state index contributed by atoms with van der Waals surface area (Å²) in [5.41, 5.74) is 0. The summed E-state index contributed by atoms with van der Waals surface area (Å²) in [5, 5.41) is 18.1. The smallest absolute Gasteiger partial charge is 0.407 e. The SMILES string of the molecule is O=C(O)N1CCC(C[C@H](O)CS)CC1. The van der Waals surface area contributed by atoms with E-state index in [-0.39, 0.29) is 6.10 Å². The van der Waals surface area contributed by atoms with E-state index in [9.17, 15) is 9.90 Å². The van der Waals surface area contributed by atoms with Crippen molar-refractivity contribution in [1.82, 2.24) is 4.90 Å². The summed E-state index contributed by atoms with van der Waals surface area (Å²) in [7, 11) is 0. The first-order valence-electron chi connectivity index (χ1n) is 4.90. The maximum Gasteiger partial charge on any atom is 0.407 e. The van der Waals surface area contributed by atoms with Crippen LogP contribution < -0.4 is 0 Å². The molecule has 5 heteroatoms. The molecule has 1 rings (SSSR count). The lowest BCUT2D eigenvalue weighted by molar-refractivity contribution is 0.106. The number of carboxylic acid groups (broad SMARTS) is 1. The topological polar surface area (TPSA) is 60.8 Å². The highest BCUT2D eigenvalue weighted by atomic mass is 32.1. The standard InChI is InChI=1S/C9H17NO3S/c11-8(6-14)5-7-1-3-10(4-2-7)9(12)13/h7-8,11,14H,1-6H2,(H,12,13)/t8-/m0/s1. The molecular weight excluding hydrogens is 202 g/mol. The number of hydrogen-bond donors (Lipinski definition) is 3. The Morgan fingerprint density at radius 2 is 2.07 bits per heavy atom. The maximum absolute atomic E-state index is 10.6. The van der Waals surface area contributed by atoms with Crippen LogP contribution >= 0.6 is 12.6 Å². The second kappa shape index (κ2) is 5.46. The van der Waals surface area contributed by atoms with E-state index in [4.69, 9.17) is 5.11 Å². The van der Waals surface area contributed by atoms with Crippen LogP contribution in [0.3, 0.4) is 0 Å². The number of likely N-dealkylation sites (tertiary alicyclic amines) is 1. The predicted octanol–water partition coefficient (Wildman–Crippen LogP) is 1.06. The van der Waals surface area contributed by atoms with Crippen molar-refractivity contribution >= 4 is 18.7 Å². The molecule has 1 atom stereocenters. The highest BCUT2D eigenvalue weighted by molar-refractivity contribution is 7.80. The summed E-state index contributed by atoms with van der Waals surface area (Å²) in [6.07, 6.45) is 1.28. The molecule has 0 aromatic rings. The van der Waals surface area contributed by atoms with Crippen LogP contribution in [0.5, 0.6) is 0 Å². The van der Waals surface area contributed by atoms with Crippen molar-refractivity contribution in [3.05, 3.63) is 0 Å². The zero-order valence-electron chi connectivity index (χ0n) is 8.09. The molecule has 2 N–H and O–H groups in total. The molecule has 0 unspecified atom stereocenters. The van der Waals surface area contributed by atoms with Gasteiger partial charge in [-0.3, -0.25) is 0 Å². The van der Waals surface area contributed by atoms with Crippen molar-refractivity contribution in [3.63, 3.8) is 0 Å². The zero-order chi connectivity index (χ0) is 10.6. The van der Waals surface area contributed by atoms with Crippen molar-refractivity contribution < 1.29 is 15.0 Å². The molecule has 4 nitrogen and oxygen atoms in total. The maximum atomic E-state index is 10.6. The lowest BCUT2D eigenvalue weighted by atomic mass is 9.92. The van der Waals surface area contributed by atoms with Gasteiger partial charge in [-0.25, -0.2) is 4.79 Å². The minimum Gasteiger partial charge on any atom is -0.465 e. The molecule has 82 valence electrons. The Balaban J connectivity index is 2.25. The van der Waals surface area contributed by atoms with E-state index in [1.807, 2.05) is 0 Å². The monoisotopic (exact) mass is 219 g/mol. The Bertz CT molecular complexity index is 192. The van der Waals surface area contributed by atoms with Gasteiger partial charge in [0.2, 0.25) is 0 Å². The molecule has 14 heavy (non-hydrogen) atoms. The van der Waals surface area contributed by atoms with E-state index in [0.717, 1.165) is 19.3 Å².